The molecule has 11 heteroatoms. The Morgan fingerprint density at radius 2 is 1.86 bits per heavy atom. The number of thiazole rings is 1. The molecule has 1 atom stereocenters. The molecule has 2 N–H and O–H groups in total. The second kappa shape index (κ2) is 10.5. The fourth-order valence-electron chi connectivity index (χ4n) is 4.02. The molecular weight excluding hydrogens is 602 g/mol. The Morgan fingerprint density at radius 1 is 1.03 bits per heavy atom. The number of aromatic nitrogens is 5. The molecule has 0 saturated carbocycles. The van der Waals surface area contributed by atoms with Crippen LogP contribution >= 0.6 is 39.8 Å². The van der Waals surface area contributed by atoms with Crippen molar-refractivity contribution in [2.24, 2.45) is 0 Å². The molecule has 8 nitrogen and oxygen atoms in total. The van der Waals surface area contributed by atoms with Crippen LogP contribution in [0.25, 0.3) is 21.7 Å². The Kier molecular flexibility index (Phi) is 7.14. The molecular formula is C25H22IN8PS. The summed E-state index contributed by atoms with van der Waals surface area (Å²) in [7, 11) is 0. The number of pyridine rings is 2. The SMILES string of the molecule is CCc1c(Nc2cc(Nc3cccc(C#N)n3)nc3c2nc(C)n3PI)cccc1-c1nc(C)cs1. The van der Waals surface area contributed by atoms with Gasteiger partial charge in [-0.2, -0.15) is 5.26 Å². The average Bonchev–Trinajstić information content (AvgIpc) is 3.46. The Labute approximate surface area is 227 Å². The number of nitrogens with zero attached hydrogens (tertiary/aromatic N) is 6. The second-order valence-corrected chi connectivity index (χ2v) is 11.0. The highest BCUT2D eigenvalue weighted by Gasteiger charge is 2.17. The van der Waals surface area contributed by atoms with Gasteiger partial charge < -0.3 is 10.6 Å². The van der Waals surface area contributed by atoms with E-state index < -0.39 is 0 Å². The summed E-state index contributed by atoms with van der Waals surface area (Å²) in [6.07, 6.45) is 1.30. The first-order chi connectivity index (χ1) is 17.5. The van der Waals surface area contributed by atoms with Gasteiger partial charge in [0.25, 0.3) is 0 Å². The molecule has 0 spiro atoms. The molecule has 0 saturated heterocycles. The fraction of sp³-hybridized carbons (Fsp3) is 0.160. The maximum absolute atomic E-state index is 9.22. The molecule has 0 aliphatic rings. The number of aryl methyl sites for hydroxylation is 2. The highest BCUT2D eigenvalue weighted by molar-refractivity contribution is 14.2. The molecule has 1 unspecified atom stereocenters. The number of benzene rings is 1. The van der Waals surface area contributed by atoms with Crippen LogP contribution in [0.5, 0.6) is 0 Å². The highest BCUT2D eigenvalue weighted by atomic mass is 127. The van der Waals surface area contributed by atoms with Crippen LogP contribution in [-0.2, 0) is 6.42 Å². The lowest BCUT2D eigenvalue weighted by molar-refractivity contribution is 1.10. The molecule has 0 amide bonds. The zero-order valence-corrected chi connectivity index (χ0v) is 23.8. The smallest absolute Gasteiger partial charge is 0.168 e. The maximum atomic E-state index is 9.22. The molecule has 1 aromatic carbocycles. The summed E-state index contributed by atoms with van der Waals surface area (Å²) in [5, 5.41) is 19.2. The van der Waals surface area contributed by atoms with Crippen molar-refractivity contribution in [3.8, 4) is 16.6 Å². The predicted octanol–water partition coefficient (Wildman–Crippen LogP) is 7.28. The van der Waals surface area contributed by atoms with Gasteiger partial charge in [-0.05, 0) is 66.1 Å². The normalized spacial score (nSPS) is 11.3. The van der Waals surface area contributed by atoms with Crippen molar-refractivity contribution >= 4 is 73.9 Å². The summed E-state index contributed by atoms with van der Waals surface area (Å²) >= 11 is 4.00. The fourth-order valence-corrected chi connectivity index (χ4v) is 7.01. The minimum atomic E-state index is 0.343. The van der Waals surface area contributed by atoms with Gasteiger partial charge in [-0.15, -0.1) is 11.3 Å². The summed E-state index contributed by atoms with van der Waals surface area (Å²) in [6.45, 7) is 6.16. The van der Waals surface area contributed by atoms with E-state index in [-0.39, 0.29) is 0 Å². The van der Waals surface area contributed by atoms with Gasteiger partial charge in [0.05, 0.1) is 12.1 Å². The molecule has 0 aliphatic carbocycles. The minimum absolute atomic E-state index is 0.343. The molecule has 0 bridgehead atoms. The molecule has 5 rings (SSSR count). The number of nitriles is 1. The van der Waals surface area contributed by atoms with E-state index in [9.17, 15) is 5.26 Å². The van der Waals surface area contributed by atoms with E-state index >= 15 is 0 Å². The van der Waals surface area contributed by atoms with Crippen molar-refractivity contribution in [1.29, 1.82) is 5.26 Å². The first kappa shape index (κ1) is 24.6. The number of nitrogens with one attached hydrogen (secondary N) is 2. The largest absolute Gasteiger partial charge is 0.353 e. The van der Waals surface area contributed by atoms with Gasteiger partial charge in [0.1, 0.15) is 39.7 Å². The van der Waals surface area contributed by atoms with Crippen LogP contribution in [0.2, 0.25) is 0 Å². The highest BCUT2D eigenvalue weighted by Crippen LogP contribution is 2.38. The van der Waals surface area contributed by atoms with Gasteiger partial charge in [-0.1, -0.05) is 25.1 Å². The summed E-state index contributed by atoms with van der Waals surface area (Å²) in [6, 6.07) is 15.6. The van der Waals surface area contributed by atoms with Crippen molar-refractivity contribution in [1.82, 2.24) is 24.3 Å². The molecule has 5 aromatic rings. The van der Waals surface area contributed by atoms with Crippen molar-refractivity contribution in [3.63, 3.8) is 0 Å². The Bertz CT molecular complexity index is 1620. The Balaban J connectivity index is 1.62. The summed E-state index contributed by atoms with van der Waals surface area (Å²) < 4.78 is 2.10. The number of hydrogen-bond acceptors (Lipinski definition) is 8. The van der Waals surface area contributed by atoms with E-state index in [1.54, 1.807) is 23.5 Å². The molecule has 0 fully saturated rings. The monoisotopic (exact) mass is 624 g/mol. The zero-order chi connectivity index (χ0) is 25.2. The molecule has 0 radical (unpaired) electrons. The second-order valence-electron chi connectivity index (χ2n) is 8.06. The van der Waals surface area contributed by atoms with E-state index in [4.69, 9.17) is 15.0 Å². The number of rotatable bonds is 7. The molecule has 36 heavy (non-hydrogen) atoms. The quantitative estimate of drug-likeness (QED) is 0.145. The summed E-state index contributed by atoms with van der Waals surface area (Å²) in [4.78, 5) is 18.7. The van der Waals surface area contributed by atoms with Crippen LogP contribution in [0.3, 0.4) is 0 Å². The van der Waals surface area contributed by atoms with E-state index in [0.717, 1.165) is 51.0 Å². The van der Waals surface area contributed by atoms with Crippen molar-refractivity contribution in [3.05, 3.63) is 70.6 Å². The topological polar surface area (TPSA) is 104 Å². The van der Waals surface area contributed by atoms with Crippen LogP contribution in [-0.4, -0.2) is 24.3 Å². The van der Waals surface area contributed by atoms with E-state index in [1.165, 1.54) is 5.56 Å². The van der Waals surface area contributed by atoms with Gasteiger partial charge in [0, 0.05) is 28.4 Å². The standard InChI is InChI=1S/C25H22IN8PS/c1-4-17-18(25-28-14(2)13-36-25)8-6-9-19(17)31-20-11-22(32-21-10-5-7-16(12-27)30-21)33-24-23(20)29-15(3)34(24)35-26/h5-11,13,35H,4H2,1-3H3,(H2,30,31,32,33). The van der Waals surface area contributed by atoms with Gasteiger partial charge in [0.15, 0.2) is 5.65 Å². The van der Waals surface area contributed by atoms with Gasteiger partial charge in [-0.3, -0.25) is 4.34 Å². The van der Waals surface area contributed by atoms with Gasteiger partial charge in [0.2, 0.25) is 0 Å². The van der Waals surface area contributed by atoms with Crippen LogP contribution < -0.4 is 10.6 Å². The number of hydrogen-bond donors (Lipinski definition) is 2. The summed E-state index contributed by atoms with van der Waals surface area (Å²) in [5.74, 6) is 2.08. The van der Waals surface area contributed by atoms with E-state index in [1.807, 2.05) is 26.0 Å². The van der Waals surface area contributed by atoms with Crippen LogP contribution in [0.15, 0.2) is 47.8 Å². The molecule has 4 aromatic heterocycles. The van der Waals surface area contributed by atoms with Crippen LogP contribution in [0, 0.1) is 25.2 Å². The third-order valence-electron chi connectivity index (χ3n) is 5.64. The first-order valence-corrected chi connectivity index (χ1v) is 16.2. The van der Waals surface area contributed by atoms with Gasteiger partial charge in [-0.25, -0.2) is 19.9 Å². The van der Waals surface area contributed by atoms with Crippen LogP contribution in [0.1, 0.15) is 29.7 Å². The molecule has 180 valence electrons. The Morgan fingerprint density at radius 3 is 2.58 bits per heavy atom. The molecule has 0 aliphatic heterocycles. The maximum Gasteiger partial charge on any atom is 0.168 e. The van der Waals surface area contributed by atoms with Crippen molar-refractivity contribution < 1.29 is 0 Å². The third-order valence-corrected chi connectivity index (χ3v) is 8.78. The predicted molar refractivity (Wildman–Crippen MR) is 157 cm³/mol. The number of fused-ring (bicyclic) bond motifs is 1. The number of halogens is 1. The van der Waals surface area contributed by atoms with Crippen molar-refractivity contribution in [2.45, 2.75) is 27.2 Å². The lowest BCUT2D eigenvalue weighted by Crippen LogP contribution is -2.02. The van der Waals surface area contributed by atoms with E-state index in [2.05, 4.69) is 78.6 Å². The van der Waals surface area contributed by atoms with Gasteiger partial charge >= 0.3 is 0 Å². The minimum Gasteiger partial charge on any atom is -0.353 e. The first-order valence-electron chi connectivity index (χ1n) is 11.2. The zero-order valence-electron chi connectivity index (χ0n) is 19.8. The van der Waals surface area contributed by atoms with Crippen LogP contribution in [0.4, 0.5) is 23.0 Å². The summed E-state index contributed by atoms with van der Waals surface area (Å²) in [5.41, 5.74) is 7.14. The Hall–Kier alpha value is -3.13. The number of imidazole rings is 1. The lowest BCUT2D eigenvalue weighted by Gasteiger charge is -2.16. The average molecular weight is 624 g/mol. The molecule has 4 heterocycles. The van der Waals surface area contributed by atoms with E-state index in [0.29, 0.717) is 23.7 Å². The van der Waals surface area contributed by atoms with Crippen molar-refractivity contribution in [2.75, 3.05) is 10.6 Å². The number of anilines is 4. The lowest BCUT2D eigenvalue weighted by atomic mass is 10.0. The third kappa shape index (κ3) is 4.78.